The van der Waals surface area contributed by atoms with Crippen molar-refractivity contribution in [1.29, 1.82) is 0 Å². The van der Waals surface area contributed by atoms with E-state index < -0.39 is 0 Å². The molecule has 4 heteroatoms. The fraction of sp³-hybridized carbons (Fsp3) is 0.500. The maximum Gasteiger partial charge on any atom is 0.111 e. The Labute approximate surface area is 118 Å². The summed E-state index contributed by atoms with van der Waals surface area (Å²) in [6.07, 6.45) is 1.79. The van der Waals surface area contributed by atoms with E-state index in [2.05, 4.69) is 36.4 Å². The molecule has 0 atom stereocenters. The van der Waals surface area contributed by atoms with Crippen LogP contribution in [-0.4, -0.2) is 15.4 Å². The molecular weight excluding hydrogens is 267 g/mol. The van der Waals surface area contributed by atoms with Crippen molar-refractivity contribution in [2.45, 2.75) is 39.2 Å². The summed E-state index contributed by atoms with van der Waals surface area (Å²) in [7, 11) is 0. The number of halogens is 2. The zero-order valence-corrected chi connectivity index (χ0v) is 12.5. The van der Waals surface area contributed by atoms with Crippen LogP contribution in [-0.2, 0) is 12.0 Å². The van der Waals surface area contributed by atoms with Gasteiger partial charge in [-0.1, -0.05) is 24.6 Å². The highest BCUT2D eigenvalue weighted by Gasteiger charge is 2.24. The van der Waals surface area contributed by atoms with Crippen molar-refractivity contribution in [3.05, 3.63) is 29.0 Å². The Morgan fingerprint density at radius 3 is 2.67 bits per heavy atom. The van der Waals surface area contributed by atoms with E-state index in [1.807, 2.05) is 12.1 Å². The number of imidazole rings is 1. The minimum atomic E-state index is 0.0147. The van der Waals surface area contributed by atoms with Crippen LogP contribution in [0.1, 0.15) is 33.0 Å². The van der Waals surface area contributed by atoms with Gasteiger partial charge in [0, 0.05) is 17.8 Å². The Morgan fingerprint density at radius 1 is 1.33 bits per heavy atom. The van der Waals surface area contributed by atoms with Crippen LogP contribution >= 0.6 is 23.2 Å². The molecule has 98 valence electrons. The number of fused-ring (bicyclic) bond motifs is 1. The first-order chi connectivity index (χ1) is 8.51. The number of aromatic nitrogens is 2. The number of benzene rings is 1. The highest BCUT2D eigenvalue weighted by molar-refractivity contribution is 6.34. The standard InChI is InChI=1S/C14H18Cl2N2/c1-4-14(2,3)18-11-7-5-6-10(16)13(11)17-12(18)8-9-15/h5-7H,4,8-9H2,1-3H3. The number of rotatable bonds is 4. The van der Waals surface area contributed by atoms with E-state index in [4.69, 9.17) is 23.2 Å². The Morgan fingerprint density at radius 2 is 2.06 bits per heavy atom. The van der Waals surface area contributed by atoms with Gasteiger partial charge in [-0.3, -0.25) is 0 Å². The van der Waals surface area contributed by atoms with E-state index in [9.17, 15) is 0 Å². The van der Waals surface area contributed by atoms with Gasteiger partial charge in [-0.25, -0.2) is 4.98 Å². The molecule has 0 amide bonds. The van der Waals surface area contributed by atoms with Crippen LogP contribution < -0.4 is 0 Å². The molecule has 0 aliphatic carbocycles. The third-order valence-electron chi connectivity index (χ3n) is 3.49. The topological polar surface area (TPSA) is 17.8 Å². The number of nitrogens with zero attached hydrogens (tertiary/aromatic N) is 2. The van der Waals surface area contributed by atoms with Crippen molar-refractivity contribution >= 4 is 34.2 Å². The molecule has 0 N–H and O–H groups in total. The second kappa shape index (κ2) is 5.10. The molecule has 1 aromatic heterocycles. The largest absolute Gasteiger partial charge is 0.322 e. The minimum absolute atomic E-state index is 0.0147. The number of para-hydroxylation sites is 1. The molecule has 0 radical (unpaired) electrons. The van der Waals surface area contributed by atoms with Gasteiger partial charge in [0.15, 0.2) is 0 Å². The lowest BCUT2D eigenvalue weighted by Gasteiger charge is -2.28. The van der Waals surface area contributed by atoms with Crippen LogP contribution in [0.15, 0.2) is 18.2 Å². The lowest BCUT2D eigenvalue weighted by molar-refractivity contribution is 0.342. The van der Waals surface area contributed by atoms with Crippen LogP contribution in [0.5, 0.6) is 0 Å². The molecule has 0 aliphatic rings. The first-order valence-corrected chi connectivity index (χ1v) is 7.14. The molecule has 2 rings (SSSR count). The maximum atomic E-state index is 6.23. The van der Waals surface area contributed by atoms with Gasteiger partial charge in [-0.05, 0) is 32.4 Å². The van der Waals surface area contributed by atoms with E-state index in [1.54, 1.807) is 0 Å². The number of alkyl halides is 1. The first-order valence-electron chi connectivity index (χ1n) is 6.23. The van der Waals surface area contributed by atoms with Crippen LogP contribution in [0.2, 0.25) is 5.02 Å². The highest BCUT2D eigenvalue weighted by atomic mass is 35.5. The minimum Gasteiger partial charge on any atom is -0.322 e. The lowest BCUT2D eigenvalue weighted by atomic mass is 10.0. The van der Waals surface area contributed by atoms with E-state index in [1.165, 1.54) is 0 Å². The van der Waals surface area contributed by atoms with Crippen LogP contribution in [0.25, 0.3) is 11.0 Å². The van der Waals surface area contributed by atoms with Gasteiger partial charge < -0.3 is 4.57 Å². The zero-order valence-electron chi connectivity index (χ0n) is 11.0. The first kappa shape index (κ1) is 13.7. The molecule has 18 heavy (non-hydrogen) atoms. The summed E-state index contributed by atoms with van der Waals surface area (Å²) in [5.41, 5.74) is 1.98. The van der Waals surface area contributed by atoms with Crippen LogP contribution in [0.3, 0.4) is 0 Å². The van der Waals surface area contributed by atoms with E-state index in [0.29, 0.717) is 10.9 Å². The fourth-order valence-corrected chi connectivity index (χ4v) is 2.58. The van der Waals surface area contributed by atoms with Crippen molar-refractivity contribution in [3.8, 4) is 0 Å². The molecule has 0 saturated heterocycles. The summed E-state index contributed by atoms with van der Waals surface area (Å²) in [6.45, 7) is 6.61. The quantitative estimate of drug-likeness (QED) is 0.750. The average Bonchev–Trinajstić information content (AvgIpc) is 2.70. The molecule has 1 heterocycles. The molecule has 0 aliphatic heterocycles. The predicted octanol–water partition coefficient (Wildman–Crippen LogP) is 4.62. The van der Waals surface area contributed by atoms with Gasteiger partial charge in [-0.2, -0.15) is 0 Å². The Kier molecular flexibility index (Phi) is 3.88. The van der Waals surface area contributed by atoms with Crippen LogP contribution in [0.4, 0.5) is 0 Å². The smallest absolute Gasteiger partial charge is 0.111 e. The van der Waals surface area contributed by atoms with E-state index in [-0.39, 0.29) is 5.54 Å². The molecule has 2 nitrogen and oxygen atoms in total. The van der Waals surface area contributed by atoms with Gasteiger partial charge in [0.2, 0.25) is 0 Å². The zero-order chi connectivity index (χ0) is 13.3. The van der Waals surface area contributed by atoms with Crippen molar-refractivity contribution in [3.63, 3.8) is 0 Å². The Bertz CT molecular complexity index is 558. The summed E-state index contributed by atoms with van der Waals surface area (Å²) >= 11 is 12.1. The van der Waals surface area contributed by atoms with Crippen molar-refractivity contribution in [2.24, 2.45) is 0 Å². The SMILES string of the molecule is CCC(C)(C)n1c(CCCl)nc2c(Cl)cccc21. The summed E-state index contributed by atoms with van der Waals surface area (Å²) in [5.74, 6) is 1.58. The summed E-state index contributed by atoms with van der Waals surface area (Å²) < 4.78 is 2.27. The third kappa shape index (κ3) is 2.24. The molecule has 0 saturated carbocycles. The molecule has 1 aromatic carbocycles. The number of hydrogen-bond donors (Lipinski definition) is 0. The summed E-state index contributed by atoms with van der Waals surface area (Å²) in [5, 5.41) is 0.703. The van der Waals surface area contributed by atoms with Crippen molar-refractivity contribution < 1.29 is 0 Å². The molecule has 0 bridgehead atoms. The van der Waals surface area contributed by atoms with E-state index in [0.717, 1.165) is 29.7 Å². The van der Waals surface area contributed by atoms with Gasteiger partial charge in [0.25, 0.3) is 0 Å². The van der Waals surface area contributed by atoms with E-state index >= 15 is 0 Å². The van der Waals surface area contributed by atoms with Gasteiger partial charge in [0.1, 0.15) is 11.3 Å². The summed E-state index contributed by atoms with van der Waals surface area (Å²) in [6, 6.07) is 5.92. The molecule has 0 spiro atoms. The molecule has 0 fully saturated rings. The molecule has 0 unspecified atom stereocenters. The normalized spacial score (nSPS) is 12.3. The fourth-order valence-electron chi connectivity index (χ4n) is 2.20. The number of hydrogen-bond acceptors (Lipinski definition) is 1. The van der Waals surface area contributed by atoms with Gasteiger partial charge in [0.05, 0.1) is 10.5 Å². The van der Waals surface area contributed by atoms with Gasteiger partial charge in [-0.15, -0.1) is 11.6 Å². The molecule has 2 aromatic rings. The Balaban J connectivity index is 2.74. The molecular formula is C14H18Cl2N2. The second-order valence-electron chi connectivity index (χ2n) is 5.08. The van der Waals surface area contributed by atoms with Crippen molar-refractivity contribution in [2.75, 3.05) is 5.88 Å². The lowest BCUT2D eigenvalue weighted by Crippen LogP contribution is -2.27. The van der Waals surface area contributed by atoms with Crippen LogP contribution in [0, 0.1) is 0 Å². The highest BCUT2D eigenvalue weighted by Crippen LogP contribution is 2.31. The number of aryl methyl sites for hydroxylation is 1. The monoisotopic (exact) mass is 284 g/mol. The predicted molar refractivity (Wildman–Crippen MR) is 78.8 cm³/mol. The Hall–Kier alpha value is -0.730. The maximum absolute atomic E-state index is 6.23. The average molecular weight is 285 g/mol. The third-order valence-corrected chi connectivity index (χ3v) is 3.99. The second-order valence-corrected chi connectivity index (χ2v) is 5.86. The summed E-state index contributed by atoms with van der Waals surface area (Å²) in [4.78, 5) is 4.66. The van der Waals surface area contributed by atoms with Gasteiger partial charge >= 0.3 is 0 Å². The van der Waals surface area contributed by atoms with Crippen molar-refractivity contribution in [1.82, 2.24) is 9.55 Å².